The molecule has 4 N–H and O–H groups in total. The molecule has 0 bridgehead atoms. The number of anilines is 2. The Morgan fingerprint density at radius 1 is 1.07 bits per heavy atom. The highest BCUT2D eigenvalue weighted by atomic mass is 32.2. The molecule has 0 amide bonds. The van der Waals surface area contributed by atoms with Gasteiger partial charge in [0, 0.05) is 6.04 Å². The van der Waals surface area contributed by atoms with Crippen LogP contribution in [-0.2, 0) is 5.75 Å². The van der Waals surface area contributed by atoms with E-state index in [4.69, 9.17) is 16.5 Å². The molecule has 0 radical (unpaired) electrons. The van der Waals surface area contributed by atoms with Gasteiger partial charge in [0.1, 0.15) is 5.82 Å². The lowest BCUT2D eigenvalue weighted by atomic mass is 9.78. The van der Waals surface area contributed by atoms with Crippen LogP contribution in [0.25, 0.3) is 10.9 Å². The molecule has 1 fully saturated rings. The Morgan fingerprint density at radius 3 is 2.55 bits per heavy atom. The summed E-state index contributed by atoms with van der Waals surface area (Å²) in [6.07, 6.45) is 3.28. The molecular weight excluding hydrogens is 386 g/mol. The first kappa shape index (κ1) is 19.6. The molecule has 0 saturated heterocycles. The maximum absolute atomic E-state index is 13.4. The normalized spacial score (nSPS) is 22.1. The predicted octanol–water partition coefficient (Wildman–Crippen LogP) is 3.04. The Labute approximate surface area is 173 Å². The first-order chi connectivity index (χ1) is 13.9. The van der Waals surface area contributed by atoms with E-state index >= 15 is 0 Å². The van der Waals surface area contributed by atoms with Gasteiger partial charge < -0.3 is 11.5 Å². The van der Waals surface area contributed by atoms with Crippen LogP contribution in [0.1, 0.15) is 45.0 Å². The summed E-state index contributed by atoms with van der Waals surface area (Å²) in [5.74, 6) is 2.01. The number of fused-ring (bicyclic) bond motifs is 1. The van der Waals surface area contributed by atoms with Gasteiger partial charge in [-0.3, -0.25) is 9.36 Å². The minimum absolute atomic E-state index is 0.0127. The van der Waals surface area contributed by atoms with Crippen LogP contribution in [0.4, 0.5) is 11.9 Å². The quantitative estimate of drug-likeness (QED) is 0.495. The second-order valence-electron chi connectivity index (χ2n) is 7.68. The Bertz CT molecular complexity index is 1080. The second-order valence-corrected chi connectivity index (χ2v) is 8.62. The van der Waals surface area contributed by atoms with E-state index in [-0.39, 0.29) is 23.5 Å². The number of nitrogens with two attached hydrogens (primary N) is 2. The van der Waals surface area contributed by atoms with Gasteiger partial charge >= 0.3 is 0 Å². The Kier molecular flexibility index (Phi) is 5.40. The summed E-state index contributed by atoms with van der Waals surface area (Å²) in [6.45, 7) is 4.50. The molecular formula is C20H25N7OS. The van der Waals surface area contributed by atoms with Crippen LogP contribution in [0.15, 0.2) is 34.2 Å². The van der Waals surface area contributed by atoms with Crippen molar-refractivity contribution in [2.75, 3.05) is 11.5 Å². The largest absolute Gasteiger partial charge is 0.368 e. The van der Waals surface area contributed by atoms with E-state index < -0.39 is 0 Å². The van der Waals surface area contributed by atoms with Crippen molar-refractivity contribution in [2.45, 2.75) is 50.1 Å². The number of hydrogen-bond acceptors (Lipinski definition) is 8. The van der Waals surface area contributed by atoms with Crippen LogP contribution in [0.5, 0.6) is 0 Å². The summed E-state index contributed by atoms with van der Waals surface area (Å²) in [5, 5.41) is 1.33. The summed E-state index contributed by atoms with van der Waals surface area (Å²) >= 11 is 1.43. The summed E-state index contributed by atoms with van der Waals surface area (Å²) in [5.41, 5.74) is 12.1. The standard InChI is InChI=1S/C20H25N7OS/c1-11-6-5-9-15(12(11)2)27-17(28)13-7-3-4-8-14(13)23-20(27)29-10-16-24-18(21)26-19(22)25-16/h3-4,7-8,11-12,15H,5-6,9-10H2,1-2H3,(H4,21,22,24,25,26). The van der Waals surface area contributed by atoms with Crippen LogP contribution in [0.3, 0.4) is 0 Å². The molecule has 0 aliphatic heterocycles. The molecule has 152 valence electrons. The maximum atomic E-state index is 13.4. The summed E-state index contributed by atoms with van der Waals surface area (Å²) < 4.78 is 1.89. The van der Waals surface area contributed by atoms with Crippen molar-refractivity contribution >= 4 is 34.6 Å². The number of thioether (sulfide) groups is 1. The van der Waals surface area contributed by atoms with Crippen molar-refractivity contribution in [3.8, 4) is 0 Å². The molecule has 4 rings (SSSR count). The molecule has 1 aliphatic rings. The van der Waals surface area contributed by atoms with Gasteiger partial charge in [-0.2, -0.15) is 15.0 Å². The van der Waals surface area contributed by atoms with E-state index in [2.05, 4.69) is 28.8 Å². The number of rotatable bonds is 4. The van der Waals surface area contributed by atoms with Crippen molar-refractivity contribution in [1.82, 2.24) is 24.5 Å². The average Bonchev–Trinajstić information content (AvgIpc) is 2.68. The van der Waals surface area contributed by atoms with E-state index in [0.29, 0.717) is 39.5 Å². The third-order valence-corrected chi connectivity index (χ3v) is 6.77. The highest BCUT2D eigenvalue weighted by Crippen LogP contribution is 2.39. The zero-order valence-corrected chi connectivity index (χ0v) is 17.4. The molecule has 2 aromatic heterocycles. The molecule has 9 heteroatoms. The lowest BCUT2D eigenvalue weighted by Crippen LogP contribution is -2.35. The fraction of sp³-hybridized carbons (Fsp3) is 0.450. The lowest BCUT2D eigenvalue weighted by Gasteiger charge is -2.36. The minimum Gasteiger partial charge on any atom is -0.368 e. The molecule has 1 aromatic carbocycles. The SMILES string of the molecule is CC1CCCC(n2c(SCc3nc(N)nc(N)n3)nc3ccccc3c2=O)C1C. The third-order valence-electron chi connectivity index (χ3n) is 5.82. The van der Waals surface area contributed by atoms with E-state index in [0.717, 1.165) is 12.8 Å². The van der Waals surface area contributed by atoms with Crippen LogP contribution in [0.2, 0.25) is 0 Å². The molecule has 1 aliphatic carbocycles. The van der Waals surface area contributed by atoms with Crippen molar-refractivity contribution in [1.29, 1.82) is 0 Å². The molecule has 1 saturated carbocycles. The summed E-state index contributed by atoms with van der Waals surface area (Å²) in [4.78, 5) is 30.4. The number of benzene rings is 1. The van der Waals surface area contributed by atoms with Gasteiger partial charge in [-0.15, -0.1) is 0 Å². The number of nitrogens with zero attached hydrogens (tertiary/aromatic N) is 5. The fourth-order valence-electron chi connectivity index (χ4n) is 4.09. The van der Waals surface area contributed by atoms with Crippen molar-refractivity contribution in [2.24, 2.45) is 11.8 Å². The predicted molar refractivity (Wildman–Crippen MR) is 115 cm³/mol. The van der Waals surface area contributed by atoms with Crippen molar-refractivity contribution in [3.63, 3.8) is 0 Å². The van der Waals surface area contributed by atoms with Crippen LogP contribution in [0, 0.1) is 11.8 Å². The van der Waals surface area contributed by atoms with Crippen LogP contribution in [-0.4, -0.2) is 24.5 Å². The van der Waals surface area contributed by atoms with Gasteiger partial charge in [0.2, 0.25) is 11.9 Å². The smallest absolute Gasteiger partial charge is 0.262 e. The molecule has 3 unspecified atom stereocenters. The zero-order chi connectivity index (χ0) is 20.5. The van der Waals surface area contributed by atoms with E-state index in [1.165, 1.54) is 18.2 Å². The average molecular weight is 412 g/mol. The Morgan fingerprint density at radius 2 is 1.79 bits per heavy atom. The van der Waals surface area contributed by atoms with Crippen LogP contribution >= 0.6 is 11.8 Å². The molecule has 8 nitrogen and oxygen atoms in total. The molecule has 3 atom stereocenters. The van der Waals surface area contributed by atoms with Gasteiger partial charge in [0.15, 0.2) is 5.16 Å². The van der Waals surface area contributed by atoms with E-state index in [1.54, 1.807) is 0 Å². The van der Waals surface area contributed by atoms with E-state index in [9.17, 15) is 4.79 Å². The number of nitrogen functional groups attached to an aromatic ring is 2. The lowest BCUT2D eigenvalue weighted by molar-refractivity contribution is 0.173. The molecule has 0 spiro atoms. The van der Waals surface area contributed by atoms with Gasteiger partial charge in [-0.05, 0) is 30.4 Å². The van der Waals surface area contributed by atoms with Gasteiger partial charge in [0.25, 0.3) is 5.56 Å². The topological polar surface area (TPSA) is 126 Å². The molecule has 29 heavy (non-hydrogen) atoms. The zero-order valence-electron chi connectivity index (χ0n) is 16.6. The second kappa shape index (κ2) is 7.98. The van der Waals surface area contributed by atoms with Crippen molar-refractivity contribution < 1.29 is 0 Å². The Balaban J connectivity index is 1.78. The van der Waals surface area contributed by atoms with Crippen molar-refractivity contribution in [3.05, 3.63) is 40.4 Å². The fourth-order valence-corrected chi connectivity index (χ4v) is 5.00. The number of para-hydroxylation sites is 1. The van der Waals surface area contributed by atoms with E-state index in [1.807, 2.05) is 28.8 Å². The van der Waals surface area contributed by atoms with Gasteiger partial charge in [-0.25, -0.2) is 4.98 Å². The monoisotopic (exact) mass is 411 g/mol. The summed E-state index contributed by atoms with van der Waals surface area (Å²) in [6, 6.07) is 7.62. The Hall–Kier alpha value is -2.68. The minimum atomic E-state index is 0.0127. The molecule has 3 aromatic rings. The first-order valence-electron chi connectivity index (χ1n) is 9.84. The van der Waals surface area contributed by atoms with Gasteiger partial charge in [0.05, 0.1) is 16.7 Å². The maximum Gasteiger partial charge on any atom is 0.262 e. The third kappa shape index (κ3) is 3.91. The first-order valence-corrected chi connectivity index (χ1v) is 10.8. The molecule has 2 heterocycles. The van der Waals surface area contributed by atoms with Crippen LogP contribution < -0.4 is 17.0 Å². The highest BCUT2D eigenvalue weighted by molar-refractivity contribution is 7.98. The summed E-state index contributed by atoms with van der Waals surface area (Å²) in [7, 11) is 0. The number of aromatic nitrogens is 5. The van der Waals surface area contributed by atoms with Gasteiger partial charge in [-0.1, -0.05) is 50.6 Å². The number of hydrogen-bond donors (Lipinski definition) is 2. The highest BCUT2D eigenvalue weighted by Gasteiger charge is 2.31.